The van der Waals surface area contributed by atoms with Gasteiger partial charge in [0.05, 0.1) is 5.41 Å². The molecule has 1 unspecified atom stereocenters. The molecule has 0 bridgehead atoms. The molecule has 0 radical (unpaired) electrons. The van der Waals surface area contributed by atoms with Gasteiger partial charge in [0.1, 0.15) is 0 Å². The second-order valence-corrected chi connectivity index (χ2v) is 5.95. The lowest BCUT2D eigenvalue weighted by molar-refractivity contribution is -0.132. The van der Waals surface area contributed by atoms with Gasteiger partial charge in [-0.15, -0.1) is 0 Å². The fraction of sp³-hybridized carbons (Fsp3) is 0.929. The molecule has 1 aliphatic carbocycles. The first-order valence-corrected chi connectivity index (χ1v) is 7.15. The zero-order chi connectivity index (χ0) is 12.4. The number of rotatable bonds is 5. The fourth-order valence-electron chi connectivity index (χ4n) is 2.91. The first kappa shape index (κ1) is 12.9. The zero-order valence-electron chi connectivity index (χ0n) is 11.3. The molecule has 1 saturated heterocycles. The van der Waals surface area contributed by atoms with Crippen LogP contribution in [0, 0.1) is 10.8 Å². The summed E-state index contributed by atoms with van der Waals surface area (Å²) in [6.45, 7) is 7.18. The molecule has 0 aromatic rings. The molecule has 1 saturated carbocycles. The van der Waals surface area contributed by atoms with Crippen LogP contribution in [-0.4, -0.2) is 25.5 Å². The molecule has 2 rings (SSSR count). The van der Waals surface area contributed by atoms with Crippen molar-refractivity contribution < 1.29 is 4.79 Å². The summed E-state index contributed by atoms with van der Waals surface area (Å²) < 4.78 is 0. The SMILES string of the molecule is CCC1(CNC(=O)C2(CC)CCCNC2)CC1. The second kappa shape index (κ2) is 4.97. The van der Waals surface area contributed by atoms with Crippen LogP contribution in [0.1, 0.15) is 52.4 Å². The van der Waals surface area contributed by atoms with Gasteiger partial charge in [-0.2, -0.15) is 0 Å². The highest BCUT2D eigenvalue weighted by atomic mass is 16.2. The number of amides is 1. The third kappa shape index (κ3) is 2.65. The van der Waals surface area contributed by atoms with Gasteiger partial charge >= 0.3 is 0 Å². The van der Waals surface area contributed by atoms with Gasteiger partial charge in [-0.3, -0.25) is 4.79 Å². The minimum absolute atomic E-state index is 0.137. The number of piperidine rings is 1. The average molecular weight is 238 g/mol. The van der Waals surface area contributed by atoms with Gasteiger partial charge in [-0.1, -0.05) is 13.8 Å². The molecule has 0 aromatic heterocycles. The quantitative estimate of drug-likeness (QED) is 0.770. The van der Waals surface area contributed by atoms with Crippen molar-refractivity contribution in [2.45, 2.75) is 52.4 Å². The molecule has 2 aliphatic rings. The summed E-state index contributed by atoms with van der Waals surface area (Å²) in [5, 5.41) is 6.59. The second-order valence-electron chi connectivity index (χ2n) is 5.95. The lowest BCUT2D eigenvalue weighted by atomic mass is 9.77. The Kier molecular flexibility index (Phi) is 3.76. The standard InChI is InChI=1S/C14H26N2O/c1-3-13(7-8-13)10-16-12(17)14(4-2)6-5-9-15-11-14/h15H,3-11H2,1-2H3,(H,16,17). The highest BCUT2D eigenvalue weighted by Crippen LogP contribution is 2.48. The molecule has 3 heteroatoms. The van der Waals surface area contributed by atoms with Crippen LogP contribution in [0.15, 0.2) is 0 Å². The van der Waals surface area contributed by atoms with Crippen molar-refractivity contribution in [2.24, 2.45) is 10.8 Å². The van der Waals surface area contributed by atoms with Crippen LogP contribution in [-0.2, 0) is 4.79 Å². The highest BCUT2D eigenvalue weighted by molar-refractivity contribution is 5.83. The summed E-state index contributed by atoms with van der Waals surface area (Å²) in [6, 6.07) is 0. The van der Waals surface area contributed by atoms with E-state index in [-0.39, 0.29) is 11.3 Å². The van der Waals surface area contributed by atoms with E-state index in [1.165, 1.54) is 19.3 Å². The Morgan fingerprint density at radius 3 is 2.47 bits per heavy atom. The van der Waals surface area contributed by atoms with Crippen LogP contribution in [0.25, 0.3) is 0 Å². The predicted molar refractivity (Wildman–Crippen MR) is 69.8 cm³/mol. The molecule has 0 aromatic carbocycles. The first-order chi connectivity index (χ1) is 8.16. The fourth-order valence-corrected chi connectivity index (χ4v) is 2.91. The Bertz CT molecular complexity index is 278. The van der Waals surface area contributed by atoms with Crippen molar-refractivity contribution in [2.75, 3.05) is 19.6 Å². The minimum Gasteiger partial charge on any atom is -0.355 e. The summed E-state index contributed by atoms with van der Waals surface area (Å²) in [6.07, 6.45) is 6.90. The van der Waals surface area contributed by atoms with Crippen molar-refractivity contribution in [3.05, 3.63) is 0 Å². The molecule has 3 nitrogen and oxygen atoms in total. The Hall–Kier alpha value is -0.570. The van der Waals surface area contributed by atoms with Gasteiger partial charge < -0.3 is 10.6 Å². The van der Waals surface area contributed by atoms with Crippen LogP contribution >= 0.6 is 0 Å². The van der Waals surface area contributed by atoms with Crippen molar-refractivity contribution in [3.63, 3.8) is 0 Å². The van der Waals surface area contributed by atoms with Crippen LogP contribution in [0.4, 0.5) is 0 Å². The van der Waals surface area contributed by atoms with Crippen molar-refractivity contribution >= 4 is 5.91 Å². The van der Waals surface area contributed by atoms with E-state index in [1.54, 1.807) is 0 Å². The van der Waals surface area contributed by atoms with E-state index in [0.29, 0.717) is 5.41 Å². The number of carbonyl (C=O) groups excluding carboxylic acids is 1. The summed E-state index contributed by atoms with van der Waals surface area (Å²) >= 11 is 0. The van der Waals surface area contributed by atoms with Crippen LogP contribution in [0.5, 0.6) is 0 Å². The molecule has 1 amide bonds. The molecule has 1 aliphatic heterocycles. The van der Waals surface area contributed by atoms with E-state index < -0.39 is 0 Å². The van der Waals surface area contributed by atoms with Crippen molar-refractivity contribution in [3.8, 4) is 0 Å². The molecule has 0 spiro atoms. The maximum Gasteiger partial charge on any atom is 0.227 e. The minimum atomic E-state index is -0.137. The number of nitrogens with one attached hydrogen (secondary N) is 2. The van der Waals surface area contributed by atoms with Gasteiger partial charge in [0.15, 0.2) is 0 Å². The van der Waals surface area contributed by atoms with Crippen molar-refractivity contribution in [1.29, 1.82) is 0 Å². The smallest absolute Gasteiger partial charge is 0.227 e. The average Bonchev–Trinajstić information content (AvgIpc) is 3.17. The number of carbonyl (C=O) groups is 1. The van der Waals surface area contributed by atoms with Crippen molar-refractivity contribution in [1.82, 2.24) is 10.6 Å². The Morgan fingerprint density at radius 1 is 1.24 bits per heavy atom. The maximum atomic E-state index is 12.4. The molecular formula is C14H26N2O. The van der Waals surface area contributed by atoms with E-state index >= 15 is 0 Å². The number of hydrogen-bond donors (Lipinski definition) is 2. The van der Waals surface area contributed by atoms with E-state index in [0.717, 1.165) is 38.9 Å². The van der Waals surface area contributed by atoms with E-state index in [9.17, 15) is 4.79 Å². The Morgan fingerprint density at radius 2 is 2.00 bits per heavy atom. The lowest BCUT2D eigenvalue weighted by Gasteiger charge is -2.35. The number of hydrogen-bond acceptors (Lipinski definition) is 2. The van der Waals surface area contributed by atoms with E-state index in [2.05, 4.69) is 24.5 Å². The van der Waals surface area contributed by atoms with E-state index in [4.69, 9.17) is 0 Å². The van der Waals surface area contributed by atoms with Crippen LogP contribution in [0.3, 0.4) is 0 Å². The maximum absolute atomic E-state index is 12.4. The van der Waals surface area contributed by atoms with Gasteiger partial charge in [-0.25, -0.2) is 0 Å². The van der Waals surface area contributed by atoms with E-state index in [1.807, 2.05) is 0 Å². The topological polar surface area (TPSA) is 41.1 Å². The largest absolute Gasteiger partial charge is 0.355 e. The summed E-state index contributed by atoms with van der Waals surface area (Å²) in [5.74, 6) is 0.284. The van der Waals surface area contributed by atoms with Gasteiger partial charge in [0.2, 0.25) is 5.91 Å². The van der Waals surface area contributed by atoms with Gasteiger partial charge in [0, 0.05) is 13.1 Å². The molecule has 17 heavy (non-hydrogen) atoms. The van der Waals surface area contributed by atoms with Gasteiger partial charge in [-0.05, 0) is 50.5 Å². The Balaban J connectivity index is 1.88. The highest BCUT2D eigenvalue weighted by Gasteiger charge is 2.43. The monoisotopic (exact) mass is 238 g/mol. The lowest BCUT2D eigenvalue weighted by Crippen LogP contribution is -2.51. The predicted octanol–water partition coefficient (Wildman–Crippen LogP) is 2.07. The third-order valence-corrected chi connectivity index (χ3v) is 4.96. The summed E-state index contributed by atoms with van der Waals surface area (Å²) in [4.78, 5) is 12.4. The molecular weight excluding hydrogens is 212 g/mol. The normalized spacial score (nSPS) is 30.9. The molecule has 2 N–H and O–H groups in total. The molecule has 1 atom stereocenters. The summed E-state index contributed by atoms with van der Waals surface area (Å²) in [7, 11) is 0. The molecule has 1 heterocycles. The van der Waals surface area contributed by atoms with Gasteiger partial charge in [0.25, 0.3) is 0 Å². The molecule has 2 fully saturated rings. The summed E-state index contributed by atoms with van der Waals surface area (Å²) in [5.41, 5.74) is 0.314. The van der Waals surface area contributed by atoms with Crippen LogP contribution in [0.2, 0.25) is 0 Å². The first-order valence-electron chi connectivity index (χ1n) is 7.15. The van der Waals surface area contributed by atoms with Crippen LogP contribution < -0.4 is 10.6 Å². The third-order valence-electron chi connectivity index (χ3n) is 4.96. The Labute approximate surface area is 105 Å². The zero-order valence-corrected chi connectivity index (χ0v) is 11.3. The molecule has 98 valence electrons.